The van der Waals surface area contributed by atoms with Crippen LogP contribution >= 0.6 is 11.6 Å². The van der Waals surface area contributed by atoms with Crippen molar-refractivity contribution in [2.45, 2.75) is 6.92 Å². The Kier molecular flexibility index (Phi) is 9.31. The summed E-state index contributed by atoms with van der Waals surface area (Å²) in [4.78, 5) is 0. The third-order valence-corrected chi connectivity index (χ3v) is 1.05. The van der Waals surface area contributed by atoms with E-state index in [2.05, 4.69) is 0 Å². The fourth-order valence-corrected chi connectivity index (χ4v) is 0.346. The van der Waals surface area contributed by atoms with Crippen molar-refractivity contribution in [2.75, 3.05) is 18.2 Å². The zero-order chi connectivity index (χ0) is 8.62. The second-order valence-corrected chi connectivity index (χ2v) is 3.38. The Morgan fingerprint density at radius 2 is 1.80 bits per heavy atom. The maximum atomic E-state index is 9.63. The van der Waals surface area contributed by atoms with Crippen LogP contribution in [0.4, 0.5) is 0 Å². The minimum atomic E-state index is -3.92. The maximum absolute atomic E-state index is 9.63. The van der Waals surface area contributed by atoms with Gasteiger partial charge in [-0.3, -0.25) is 4.55 Å². The fraction of sp³-hybridized carbons (Fsp3) is 1.00. The molecule has 0 aliphatic rings. The van der Waals surface area contributed by atoms with Crippen molar-refractivity contribution in [2.24, 2.45) is 0 Å². The van der Waals surface area contributed by atoms with Gasteiger partial charge in [-0.1, -0.05) is 6.92 Å². The van der Waals surface area contributed by atoms with Gasteiger partial charge in [-0.2, -0.15) is 8.42 Å². The van der Waals surface area contributed by atoms with E-state index in [1.807, 2.05) is 6.92 Å². The van der Waals surface area contributed by atoms with Gasteiger partial charge in [0.05, 0.1) is 12.4 Å². The van der Waals surface area contributed by atoms with Gasteiger partial charge in [-0.25, -0.2) is 0 Å². The maximum Gasteiger partial charge on any atom is 0.267 e. The molecule has 0 amide bonds. The Morgan fingerprint density at radius 3 is 1.80 bits per heavy atom. The molecule has 0 radical (unpaired) electrons. The van der Waals surface area contributed by atoms with Gasteiger partial charge in [-0.15, -0.1) is 11.6 Å². The molecule has 0 aliphatic carbocycles. The molecule has 0 heterocycles. The molecule has 0 atom stereocenters. The molecule has 2 N–H and O–H groups in total. The summed E-state index contributed by atoms with van der Waals surface area (Å²) in [6.45, 7) is 1.36. The normalized spacial score (nSPS) is 10.0. The molecule has 0 aromatic carbocycles. The van der Waals surface area contributed by atoms with Gasteiger partial charge in [0.25, 0.3) is 10.1 Å². The Labute approximate surface area is 65.6 Å². The number of rotatable bonds is 2. The average molecular weight is 191 g/mol. The van der Waals surface area contributed by atoms with E-state index in [1.165, 1.54) is 0 Å². The summed E-state index contributed by atoms with van der Waals surface area (Å²) in [7, 11) is -3.92. The Bertz CT molecular complexity index is 141. The molecule has 6 heteroatoms. The second kappa shape index (κ2) is 7.27. The largest absolute Gasteiger partial charge is 0.395 e. The van der Waals surface area contributed by atoms with Gasteiger partial charge in [0.15, 0.2) is 0 Å². The highest BCUT2D eigenvalue weighted by Gasteiger charge is 1.99. The van der Waals surface area contributed by atoms with Crippen LogP contribution in [0.1, 0.15) is 6.92 Å². The molecule has 0 rings (SSSR count). The standard InChI is InChI=1S/C2H5Cl.C2H6O4S/c1-2-3;3-1-2-7(4,5)6/h2H2,1H3;3H,1-2H2,(H,4,5,6). The van der Waals surface area contributed by atoms with E-state index in [0.717, 1.165) is 5.88 Å². The minimum absolute atomic E-state index is 0.529. The smallest absolute Gasteiger partial charge is 0.267 e. The summed E-state index contributed by atoms with van der Waals surface area (Å²) in [5.41, 5.74) is 0. The van der Waals surface area contributed by atoms with Crippen LogP contribution < -0.4 is 0 Å². The topological polar surface area (TPSA) is 74.6 Å². The molecule has 0 aliphatic heterocycles. The number of aliphatic hydroxyl groups excluding tert-OH is 1. The van der Waals surface area contributed by atoms with E-state index in [9.17, 15) is 8.42 Å². The molecular weight excluding hydrogens is 180 g/mol. The Balaban J connectivity index is 0. The highest BCUT2D eigenvalue weighted by atomic mass is 35.5. The quantitative estimate of drug-likeness (QED) is 0.479. The zero-order valence-electron chi connectivity index (χ0n) is 5.62. The molecule has 10 heavy (non-hydrogen) atoms. The van der Waals surface area contributed by atoms with Gasteiger partial charge in [-0.05, 0) is 0 Å². The molecule has 0 saturated heterocycles. The van der Waals surface area contributed by atoms with Crippen LogP contribution in [-0.2, 0) is 10.1 Å². The summed E-state index contributed by atoms with van der Waals surface area (Å²) >= 11 is 5.00. The number of hydrogen-bond donors (Lipinski definition) is 2. The van der Waals surface area contributed by atoms with Crippen LogP contribution in [-0.4, -0.2) is 36.3 Å². The van der Waals surface area contributed by atoms with Crippen LogP contribution in [0.3, 0.4) is 0 Å². The number of hydrogen-bond acceptors (Lipinski definition) is 3. The predicted octanol–water partition coefficient (Wildman–Crippen LogP) is 0.112. The van der Waals surface area contributed by atoms with E-state index in [4.69, 9.17) is 21.3 Å². The molecular formula is C4H11ClO4S. The van der Waals surface area contributed by atoms with Gasteiger partial charge >= 0.3 is 0 Å². The van der Waals surface area contributed by atoms with Gasteiger partial charge < -0.3 is 5.11 Å². The van der Waals surface area contributed by atoms with E-state index in [0.29, 0.717) is 0 Å². The first-order valence-corrected chi connectivity index (χ1v) is 4.74. The minimum Gasteiger partial charge on any atom is -0.395 e. The molecule has 0 aromatic heterocycles. The van der Waals surface area contributed by atoms with Crippen LogP contribution in [0.15, 0.2) is 0 Å². The van der Waals surface area contributed by atoms with Crippen molar-refractivity contribution >= 4 is 21.7 Å². The molecule has 0 fully saturated rings. The molecule has 0 spiro atoms. The lowest BCUT2D eigenvalue weighted by Crippen LogP contribution is -2.06. The monoisotopic (exact) mass is 190 g/mol. The summed E-state index contributed by atoms with van der Waals surface area (Å²) in [6, 6.07) is 0. The fourth-order valence-electron chi connectivity index (χ4n) is 0.115. The highest BCUT2D eigenvalue weighted by Crippen LogP contribution is 1.75. The molecule has 0 aromatic rings. The summed E-state index contributed by atoms with van der Waals surface area (Å²) in [6.07, 6.45) is 0. The van der Waals surface area contributed by atoms with E-state index < -0.39 is 22.5 Å². The van der Waals surface area contributed by atoms with E-state index in [1.54, 1.807) is 0 Å². The van der Waals surface area contributed by atoms with Crippen LogP contribution in [0.25, 0.3) is 0 Å². The van der Waals surface area contributed by atoms with Crippen LogP contribution in [0.2, 0.25) is 0 Å². The van der Waals surface area contributed by atoms with E-state index in [-0.39, 0.29) is 0 Å². The molecule has 4 nitrogen and oxygen atoms in total. The van der Waals surface area contributed by atoms with Crippen LogP contribution in [0.5, 0.6) is 0 Å². The first-order chi connectivity index (χ1) is 4.47. The Hall–Kier alpha value is 0.160. The molecule has 0 bridgehead atoms. The second-order valence-electron chi connectivity index (χ2n) is 1.28. The SMILES string of the molecule is CCCl.O=S(=O)(O)CCO. The third-order valence-electron chi connectivity index (χ3n) is 0.349. The van der Waals surface area contributed by atoms with Crippen LogP contribution in [0, 0.1) is 0 Å². The average Bonchev–Trinajstić information content (AvgIpc) is 1.63. The van der Waals surface area contributed by atoms with Crippen molar-refractivity contribution in [1.29, 1.82) is 0 Å². The lowest BCUT2D eigenvalue weighted by Gasteiger charge is -1.85. The van der Waals surface area contributed by atoms with Crippen molar-refractivity contribution in [3.05, 3.63) is 0 Å². The summed E-state index contributed by atoms with van der Waals surface area (Å²) < 4.78 is 27.1. The first kappa shape index (κ1) is 12.8. The third kappa shape index (κ3) is 24.2. The molecule has 0 saturated carbocycles. The molecule has 64 valence electrons. The number of alkyl halides is 1. The van der Waals surface area contributed by atoms with Crippen molar-refractivity contribution < 1.29 is 18.1 Å². The lowest BCUT2D eigenvalue weighted by atomic mass is 10.9. The van der Waals surface area contributed by atoms with Crippen molar-refractivity contribution in [1.82, 2.24) is 0 Å². The van der Waals surface area contributed by atoms with Crippen molar-refractivity contribution in [3.63, 3.8) is 0 Å². The van der Waals surface area contributed by atoms with Gasteiger partial charge in [0.1, 0.15) is 0 Å². The zero-order valence-corrected chi connectivity index (χ0v) is 7.19. The van der Waals surface area contributed by atoms with Gasteiger partial charge in [0.2, 0.25) is 0 Å². The predicted molar refractivity (Wildman–Crippen MR) is 39.9 cm³/mol. The van der Waals surface area contributed by atoms with Crippen molar-refractivity contribution in [3.8, 4) is 0 Å². The highest BCUT2D eigenvalue weighted by molar-refractivity contribution is 7.85. The number of aliphatic hydroxyl groups is 1. The Morgan fingerprint density at radius 1 is 1.50 bits per heavy atom. The molecule has 0 unspecified atom stereocenters. The summed E-state index contributed by atoms with van der Waals surface area (Å²) in [5, 5.41) is 7.86. The first-order valence-electron chi connectivity index (χ1n) is 2.60. The van der Waals surface area contributed by atoms with Gasteiger partial charge in [0, 0.05) is 5.88 Å². The lowest BCUT2D eigenvalue weighted by molar-refractivity contribution is 0.315. The van der Waals surface area contributed by atoms with E-state index >= 15 is 0 Å². The number of halogens is 1. The summed E-state index contributed by atoms with van der Waals surface area (Å²) in [5.74, 6) is 0.146.